The summed E-state index contributed by atoms with van der Waals surface area (Å²) in [5.41, 5.74) is 15.4. The van der Waals surface area contributed by atoms with Crippen molar-refractivity contribution in [3.8, 4) is 0 Å². The van der Waals surface area contributed by atoms with Crippen LogP contribution in [0.15, 0.2) is 41.0 Å². The maximum atomic E-state index is 6.24. The minimum Gasteiger partial charge on any atom is -0.383 e. The highest BCUT2D eigenvalue weighted by molar-refractivity contribution is 9.10. The Kier molecular flexibility index (Phi) is 3.99. The predicted octanol–water partition coefficient (Wildman–Crippen LogP) is 2.98. The molecule has 1 aromatic carbocycles. The number of nitrogen functional groups attached to an aromatic ring is 1. The van der Waals surface area contributed by atoms with Crippen LogP contribution >= 0.6 is 15.9 Å². The summed E-state index contributed by atoms with van der Waals surface area (Å²) in [5, 5.41) is 0. The van der Waals surface area contributed by atoms with Gasteiger partial charge in [-0.05, 0) is 42.7 Å². The summed E-state index contributed by atoms with van der Waals surface area (Å²) in [6.45, 7) is 2.01. The Balaban J connectivity index is 2.22. The molecule has 4 heteroatoms. The molecule has 2 rings (SSSR count). The van der Waals surface area contributed by atoms with E-state index in [9.17, 15) is 0 Å². The van der Waals surface area contributed by atoms with Gasteiger partial charge < -0.3 is 11.5 Å². The van der Waals surface area contributed by atoms with Crippen LogP contribution in [0.1, 0.15) is 22.7 Å². The number of nitrogens with two attached hydrogens (primary N) is 2. The average Bonchev–Trinajstić information content (AvgIpc) is 2.32. The molecule has 1 atom stereocenters. The molecule has 0 saturated heterocycles. The Morgan fingerprint density at radius 2 is 1.89 bits per heavy atom. The number of benzene rings is 1. The van der Waals surface area contributed by atoms with Gasteiger partial charge in [0.05, 0.1) is 0 Å². The Hall–Kier alpha value is -1.39. The van der Waals surface area contributed by atoms with Crippen LogP contribution in [0.25, 0.3) is 0 Å². The average molecular weight is 306 g/mol. The zero-order chi connectivity index (χ0) is 13.1. The minimum atomic E-state index is -0.125. The van der Waals surface area contributed by atoms with Gasteiger partial charge in [0.2, 0.25) is 0 Å². The topological polar surface area (TPSA) is 64.9 Å². The van der Waals surface area contributed by atoms with Gasteiger partial charge in [0.25, 0.3) is 0 Å². The predicted molar refractivity (Wildman–Crippen MR) is 78.2 cm³/mol. The third-order valence-electron chi connectivity index (χ3n) is 2.98. The zero-order valence-corrected chi connectivity index (χ0v) is 11.8. The molecule has 0 amide bonds. The van der Waals surface area contributed by atoms with Crippen LogP contribution in [0.3, 0.4) is 0 Å². The number of halogens is 1. The molecular formula is C14H16BrN3. The van der Waals surface area contributed by atoms with Crippen LogP contribution in [0.5, 0.6) is 0 Å². The van der Waals surface area contributed by atoms with Crippen LogP contribution in [-0.4, -0.2) is 4.98 Å². The first-order valence-corrected chi connectivity index (χ1v) is 6.58. The number of aryl methyl sites for hydroxylation is 1. The van der Waals surface area contributed by atoms with Crippen molar-refractivity contribution >= 4 is 21.7 Å². The number of hydrogen-bond acceptors (Lipinski definition) is 3. The van der Waals surface area contributed by atoms with Gasteiger partial charge in [-0.2, -0.15) is 0 Å². The smallest absolute Gasteiger partial charge is 0.128 e. The van der Waals surface area contributed by atoms with Gasteiger partial charge in [-0.1, -0.05) is 28.1 Å². The second-order valence-corrected chi connectivity index (χ2v) is 5.28. The number of nitrogens with zero attached hydrogens (tertiary/aromatic N) is 1. The molecule has 0 radical (unpaired) electrons. The van der Waals surface area contributed by atoms with Crippen LogP contribution in [0.2, 0.25) is 0 Å². The van der Waals surface area contributed by atoms with E-state index in [2.05, 4.69) is 33.0 Å². The highest BCUT2D eigenvalue weighted by Crippen LogP contribution is 2.24. The van der Waals surface area contributed by atoms with Crippen LogP contribution in [0, 0.1) is 6.92 Å². The molecule has 0 aliphatic rings. The quantitative estimate of drug-likeness (QED) is 0.916. The van der Waals surface area contributed by atoms with Gasteiger partial charge in [0.15, 0.2) is 0 Å². The lowest BCUT2D eigenvalue weighted by Crippen LogP contribution is -2.17. The monoisotopic (exact) mass is 305 g/mol. The molecule has 0 fully saturated rings. The van der Waals surface area contributed by atoms with Gasteiger partial charge in [0, 0.05) is 22.3 Å². The van der Waals surface area contributed by atoms with Crippen molar-refractivity contribution in [1.29, 1.82) is 0 Å². The second kappa shape index (κ2) is 5.50. The summed E-state index contributed by atoms with van der Waals surface area (Å²) in [6.07, 6.45) is 2.46. The van der Waals surface area contributed by atoms with Crippen molar-refractivity contribution in [3.63, 3.8) is 0 Å². The summed E-state index contributed by atoms with van der Waals surface area (Å²) in [7, 11) is 0. The molecule has 0 spiro atoms. The summed E-state index contributed by atoms with van der Waals surface area (Å²) in [5.74, 6) is 0.527. The summed E-state index contributed by atoms with van der Waals surface area (Å²) >= 11 is 3.42. The van der Waals surface area contributed by atoms with Crippen molar-refractivity contribution in [2.45, 2.75) is 19.4 Å². The molecule has 1 aromatic heterocycles. The first-order valence-electron chi connectivity index (χ1n) is 5.79. The molecule has 0 bridgehead atoms. The van der Waals surface area contributed by atoms with E-state index in [0.29, 0.717) is 5.82 Å². The van der Waals surface area contributed by atoms with Gasteiger partial charge in [-0.15, -0.1) is 0 Å². The Bertz CT molecular complexity index is 517. The largest absolute Gasteiger partial charge is 0.383 e. The van der Waals surface area contributed by atoms with E-state index < -0.39 is 0 Å². The number of pyridine rings is 1. The molecule has 4 N–H and O–H groups in total. The molecule has 3 nitrogen and oxygen atoms in total. The van der Waals surface area contributed by atoms with E-state index in [-0.39, 0.29) is 6.04 Å². The molecular weight excluding hydrogens is 290 g/mol. The summed E-state index contributed by atoms with van der Waals surface area (Å²) in [6, 6.07) is 9.97. The summed E-state index contributed by atoms with van der Waals surface area (Å²) in [4.78, 5) is 4.11. The molecule has 0 aliphatic carbocycles. The van der Waals surface area contributed by atoms with Crippen molar-refractivity contribution in [1.82, 2.24) is 4.98 Å². The third kappa shape index (κ3) is 2.89. The molecule has 2 aromatic rings. The van der Waals surface area contributed by atoms with Crippen molar-refractivity contribution in [2.75, 3.05) is 5.73 Å². The molecule has 1 heterocycles. The molecule has 18 heavy (non-hydrogen) atoms. The van der Waals surface area contributed by atoms with E-state index >= 15 is 0 Å². The number of hydrogen-bond donors (Lipinski definition) is 2. The molecule has 94 valence electrons. The van der Waals surface area contributed by atoms with Crippen LogP contribution in [-0.2, 0) is 6.42 Å². The molecule has 1 unspecified atom stereocenters. The fraction of sp³-hybridized carbons (Fsp3) is 0.214. The first-order chi connectivity index (χ1) is 8.58. The zero-order valence-electron chi connectivity index (χ0n) is 10.2. The molecule has 0 aliphatic heterocycles. The van der Waals surface area contributed by atoms with Crippen molar-refractivity contribution in [2.24, 2.45) is 5.73 Å². The van der Waals surface area contributed by atoms with Gasteiger partial charge in [-0.3, -0.25) is 0 Å². The van der Waals surface area contributed by atoms with Crippen LogP contribution < -0.4 is 11.5 Å². The number of rotatable bonds is 3. The van der Waals surface area contributed by atoms with Gasteiger partial charge in [-0.25, -0.2) is 4.98 Å². The van der Waals surface area contributed by atoms with Crippen molar-refractivity contribution in [3.05, 3.63) is 57.7 Å². The lowest BCUT2D eigenvalue weighted by molar-refractivity contribution is 0.715. The lowest BCUT2D eigenvalue weighted by atomic mass is 9.97. The van der Waals surface area contributed by atoms with E-state index in [1.54, 1.807) is 6.20 Å². The van der Waals surface area contributed by atoms with Gasteiger partial charge >= 0.3 is 0 Å². The fourth-order valence-electron chi connectivity index (χ4n) is 2.05. The van der Waals surface area contributed by atoms with Crippen molar-refractivity contribution < 1.29 is 0 Å². The summed E-state index contributed by atoms with van der Waals surface area (Å²) < 4.78 is 1.07. The van der Waals surface area contributed by atoms with E-state index in [0.717, 1.165) is 22.0 Å². The normalized spacial score (nSPS) is 12.4. The minimum absolute atomic E-state index is 0.125. The van der Waals surface area contributed by atoms with Gasteiger partial charge in [0.1, 0.15) is 5.82 Å². The highest BCUT2D eigenvalue weighted by Gasteiger charge is 2.13. The number of aromatic nitrogens is 1. The Morgan fingerprint density at radius 3 is 2.50 bits per heavy atom. The van der Waals surface area contributed by atoms with E-state index in [1.807, 2.05) is 25.1 Å². The number of anilines is 1. The Morgan fingerprint density at radius 1 is 1.22 bits per heavy atom. The maximum absolute atomic E-state index is 6.24. The Labute approximate surface area is 115 Å². The maximum Gasteiger partial charge on any atom is 0.128 e. The first kappa shape index (κ1) is 13.1. The highest BCUT2D eigenvalue weighted by atomic mass is 79.9. The standard InChI is InChI=1S/C14H16BrN3/c1-9-6-7-18-14(17)13(9)12(16)8-10-2-4-11(15)5-3-10/h2-7,12H,8,16H2,1H3,(H2,17,18). The van der Waals surface area contributed by atoms with E-state index in [4.69, 9.17) is 11.5 Å². The fourth-order valence-corrected chi connectivity index (χ4v) is 2.31. The van der Waals surface area contributed by atoms with E-state index in [1.165, 1.54) is 5.56 Å². The second-order valence-electron chi connectivity index (χ2n) is 4.36. The SMILES string of the molecule is Cc1ccnc(N)c1C(N)Cc1ccc(Br)cc1. The van der Waals surface area contributed by atoms with Crippen LogP contribution in [0.4, 0.5) is 5.82 Å². The lowest BCUT2D eigenvalue weighted by Gasteiger charge is -2.16. The molecule has 0 saturated carbocycles. The third-order valence-corrected chi connectivity index (χ3v) is 3.51.